The molecule has 0 fully saturated rings. The van der Waals surface area contributed by atoms with Crippen LogP contribution in [0.1, 0.15) is 17.3 Å². The van der Waals surface area contributed by atoms with E-state index in [0.717, 1.165) is 26.6 Å². The predicted octanol–water partition coefficient (Wildman–Crippen LogP) is 2.53. The normalized spacial score (nSPS) is 12.5. The largest absolute Gasteiger partial charge is 0.398 e. The highest BCUT2D eigenvalue weighted by Gasteiger charge is 2.20. The molecule has 0 amide bonds. The van der Waals surface area contributed by atoms with E-state index < -0.39 is 0 Å². The van der Waals surface area contributed by atoms with Gasteiger partial charge in [-0.1, -0.05) is 18.2 Å². The molecular formula is C15H14BrN5. The van der Waals surface area contributed by atoms with Gasteiger partial charge in [0.1, 0.15) is 0 Å². The molecular weight excluding hydrogens is 330 g/mol. The van der Waals surface area contributed by atoms with E-state index in [1.165, 1.54) is 0 Å². The number of hydrazine groups is 1. The topological polar surface area (TPSA) is 89.8 Å². The van der Waals surface area contributed by atoms with Gasteiger partial charge in [-0.05, 0) is 34.1 Å². The van der Waals surface area contributed by atoms with Crippen LogP contribution in [0.5, 0.6) is 0 Å². The molecule has 0 radical (unpaired) electrons. The van der Waals surface area contributed by atoms with Gasteiger partial charge in [-0.25, -0.2) is 10.4 Å². The van der Waals surface area contributed by atoms with Crippen molar-refractivity contribution in [3.63, 3.8) is 0 Å². The number of nitrogens with zero attached hydrogens (tertiary/aromatic N) is 2. The first-order chi connectivity index (χ1) is 10.2. The maximum absolute atomic E-state index is 6.02. The summed E-state index contributed by atoms with van der Waals surface area (Å²) in [6.07, 6.45) is 3.35. The van der Waals surface area contributed by atoms with Gasteiger partial charge >= 0.3 is 0 Å². The molecule has 0 bridgehead atoms. The SMILES string of the molecule is NNC(c1cnccc1N)c1nc2ccccc2cc1Br. The van der Waals surface area contributed by atoms with Crippen molar-refractivity contribution in [3.8, 4) is 0 Å². The van der Waals surface area contributed by atoms with E-state index in [9.17, 15) is 0 Å². The Morgan fingerprint density at radius 2 is 2.00 bits per heavy atom. The molecule has 0 aliphatic heterocycles. The average molecular weight is 344 g/mol. The van der Waals surface area contributed by atoms with Gasteiger partial charge < -0.3 is 5.73 Å². The number of aromatic nitrogens is 2. The number of nitrogens with one attached hydrogen (secondary N) is 1. The number of rotatable bonds is 3. The summed E-state index contributed by atoms with van der Waals surface area (Å²) in [5.41, 5.74) is 11.9. The van der Waals surface area contributed by atoms with Crippen LogP contribution in [-0.2, 0) is 0 Å². The van der Waals surface area contributed by atoms with Crippen molar-refractivity contribution >= 4 is 32.5 Å². The third kappa shape index (κ3) is 2.61. The number of fused-ring (bicyclic) bond motifs is 1. The fourth-order valence-corrected chi connectivity index (χ4v) is 2.85. The zero-order valence-corrected chi connectivity index (χ0v) is 12.7. The van der Waals surface area contributed by atoms with Crippen LogP contribution in [0.2, 0.25) is 0 Å². The fraction of sp³-hybridized carbons (Fsp3) is 0.0667. The van der Waals surface area contributed by atoms with Crippen molar-refractivity contribution in [2.75, 3.05) is 5.73 Å². The van der Waals surface area contributed by atoms with Crippen LogP contribution in [-0.4, -0.2) is 9.97 Å². The van der Waals surface area contributed by atoms with Gasteiger partial charge in [0.15, 0.2) is 0 Å². The maximum atomic E-state index is 6.02. The van der Waals surface area contributed by atoms with E-state index >= 15 is 0 Å². The standard InChI is InChI=1S/C15H14BrN5/c16-11-7-9-3-1-2-4-13(9)20-15(11)14(21-18)10-8-19-6-5-12(10)17/h1-8,14,21H,18H2,(H2,17,19). The Labute approximate surface area is 130 Å². The average Bonchev–Trinajstić information content (AvgIpc) is 2.50. The lowest BCUT2D eigenvalue weighted by Crippen LogP contribution is -2.30. The molecule has 1 aromatic carbocycles. The van der Waals surface area contributed by atoms with Gasteiger partial charge in [-0.3, -0.25) is 10.8 Å². The molecule has 106 valence electrons. The van der Waals surface area contributed by atoms with E-state index in [1.807, 2.05) is 30.3 Å². The van der Waals surface area contributed by atoms with Crippen LogP contribution in [0.25, 0.3) is 10.9 Å². The third-order valence-electron chi connectivity index (χ3n) is 3.34. The first kappa shape index (κ1) is 13.9. The minimum Gasteiger partial charge on any atom is -0.398 e. The van der Waals surface area contributed by atoms with Gasteiger partial charge in [-0.2, -0.15) is 0 Å². The number of benzene rings is 1. The zero-order valence-electron chi connectivity index (χ0n) is 11.1. The molecule has 3 rings (SSSR count). The van der Waals surface area contributed by atoms with Crippen LogP contribution >= 0.6 is 15.9 Å². The fourth-order valence-electron chi connectivity index (χ4n) is 2.28. The van der Waals surface area contributed by atoms with E-state index in [-0.39, 0.29) is 6.04 Å². The molecule has 1 atom stereocenters. The van der Waals surface area contributed by atoms with E-state index in [4.69, 9.17) is 16.6 Å². The van der Waals surface area contributed by atoms with Crippen LogP contribution in [0.15, 0.2) is 53.3 Å². The van der Waals surface area contributed by atoms with Crippen molar-refractivity contribution < 1.29 is 0 Å². The number of anilines is 1. The summed E-state index contributed by atoms with van der Waals surface area (Å²) in [5.74, 6) is 5.72. The molecule has 6 heteroatoms. The van der Waals surface area contributed by atoms with E-state index in [2.05, 4.69) is 26.3 Å². The Hall–Kier alpha value is -2.02. The van der Waals surface area contributed by atoms with Crippen LogP contribution in [0, 0.1) is 0 Å². The first-order valence-corrected chi connectivity index (χ1v) is 7.20. The number of halogens is 1. The molecule has 0 aliphatic carbocycles. The van der Waals surface area contributed by atoms with Crippen molar-refractivity contribution in [1.82, 2.24) is 15.4 Å². The molecule has 21 heavy (non-hydrogen) atoms. The monoisotopic (exact) mass is 343 g/mol. The summed E-state index contributed by atoms with van der Waals surface area (Å²) in [5, 5.41) is 1.06. The van der Waals surface area contributed by atoms with Gasteiger partial charge in [0.2, 0.25) is 0 Å². The Kier molecular flexibility index (Phi) is 3.83. The highest BCUT2D eigenvalue weighted by molar-refractivity contribution is 9.10. The third-order valence-corrected chi connectivity index (χ3v) is 3.98. The van der Waals surface area contributed by atoms with Crippen LogP contribution < -0.4 is 17.0 Å². The molecule has 5 N–H and O–H groups in total. The number of pyridine rings is 2. The highest BCUT2D eigenvalue weighted by atomic mass is 79.9. The minimum absolute atomic E-state index is 0.335. The Morgan fingerprint density at radius 1 is 1.19 bits per heavy atom. The molecule has 0 aliphatic rings. The summed E-state index contributed by atoms with van der Waals surface area (Å²) in [6, 6.07) is 11.3. The number of nitrogens with two attached hydrogens (primary N) is 2. The zero-order chi connectivity index (χ0) is 14.8. The Bertz CT molecular complexity index is 790. The van der Waals surface area contributed by atoms with Gasteiger partial charge in [0.25, 0.3) is 0 Å². The van der Waals surface area contributed by atoms with Gasteiger partial charge in [0.05, 0.1) is 17.3 Å². The molecule has 0 saturated heterocycles. The lowest BCUT2D eigenvalue weighted by Gasteiger charge is -2.19. The second-order valence-electron chi connectivity index (χ2n) is 4.65. The predicted molar refractivity (Wildman–Crippen MR) is 87.3 cm³/mol. The van der Waals surface area contributed by atoms with Crippen LogP contribution in [0.3, 0.4) is 0 Å². The van der Waals surface area contributed by atoms with Crippen LogP contribution in [0.4, 0.5) is 5.69 Å². The molecule has 3 aromatic rings. The molecule has 0 spiro atoms. The first-order valence-electron chi connectivity index (χ1n) is 6.41. The number of hydrogen-bond donors (Lipinski definition) is 3. The van der Waals surface area contributed by atoms with E-state index in [1.54, 1.807) is 18.5 Å². The van der Waals surface area contributed by atoms with Crippen molar-refractivity contribution in [3.05, 3.63) is 64.5 Å². The number of nitrogen functional groups attached to an aromatic ring is 1. The van der Waals surface area contributed by atoms with Crippen molar-refractivity contribution in [2.45, 2.75) is 6.04 Å². The molecule has 2 aromatic heterocycles. The second kappa shape index (κ2) is 5.77. The van der Waals surface area contributed by atoms with Crippen molar-refractivity contribution in [2.24, 2.45) is 5.84 Å². The summed E-state index contributed by atoms with van der Waals surface area (Å²) in [7, 11) is 0. The quantitative estimate of drug-likeness (QED) is 0.502. The lowest BCUT2D eigenvalue weighted by molar-refractivity contribution is 0.620. The van der Waals surface area contributed by atoms with Gasteiger partial charge in [-0.15, -0.1) is 0 Å². The minimum atomic E-state index is -0.335. The summed E-state index contributed by atoms with van der Waals surface area (Å²) in [4.78, 5) is 8.80. The van der Waals surface area contributed by atoms with E-state index in [0.29, 0.717) is 5.69 Å². The van der Waals surface area contributed by atoms with Crippen molar-refractivity contribution in [1.29, 1.82) is 0 Å². The Morgan fingerprint density at radius 3 is 2.76 bits per heavy atom. The molecule has 2 heterocycles. The summed E-state index contributed by atoms with van der Waals surface area (Å²) in [6.45, 7) is 0. The molecule has 1 unspecified atom stereocenters. The number of hydrogen-bond acceptors (Lipinski definition) is 5. The second-order valence-corrected chi connectivity index (χ2v) is 5.51. The lowest BCUT2D eigenvalue weighted by atomic mass is 10.0. The van der Waals surface area contributed by atoms with Gasteiger partial charge in [0, 0.05) is 33.5 Å². The molecule has 0 saturated carbocycles. The maximum Gasteiger partial charge on any atom is 0.0927 e. The number of para-hydroxylation sites is 1. The summed E-state index contributed by atoms with van der Waals surface area (Å²) >= 11 is 3.56. The Balaban J connectivity index is 2.17. The molecule has 5 nitrogen and oxygen atoms in total. The summed E-state index contributed by atoms with van der Waals surface area (Å²) < 4.78 is 0.868. The smallest absolute Gasteiger partial charge is 0.0927 e. The highest BCUT2D eigenvalue weighted by Crippen LogP contribution is 2.31.